The Morgan fingerprint density at radius 3 is 2.67 bits per heavy atom. The monoisotopic (exact) mass is 308 g/mol. The Morgan fingerprint density at radius 2 is 2.00 bits per heavy atom. The van der Waals surface area contributed by atoms with Gasteiger partial charge in [-0.2, -0.15) is 0 Å². The molecule has 1 amide bonds. The van der Waals surface area contributed by atoms with E-state index in [1.54, 1.807) is 0 Å². The van der Waals surface area contributed by atoms with Gasteiger partial charge in [0.25, 0.3) is 5.91 Å². The number of likely N-dealkylation sites (N-methyl/N-ethyl adjacent to an activating group) is 1. The molecule has 6 heteroatoms. The quantitative estimate of drug-likeness (QED) is 0.848. The molecule has 2 aliphatic rings. The molecule has 5 nitrogen and oxygen atoms in total. The third kappa shape index (κ3) is 3.19. The maximum Gasteiger partial charge on any atom is 0.267 e. The van der Waals surface area contributed by atoms with Gasteiger partial charge in [0.15, 0.2) is 0 Å². The summed E-state index contributed by atoms with van der Waals surface area (Å²) in [5, 5.41) is 4.75. The summed E-state index contributed by atoms with van der Waals surface area (Å²) in [5.41, 5.74) is 1.77. The number of halogens is 1. The Kier molecular flexibility index (Phi) is 4.12. The summed E-state index contributed by atoms with van der Waals surface area (Å²) in [7, 11) is 2.15. The van der Waals surface area contributed by atoms with Gasteiger partial charge >= 0.3 is 0 Å². The first kappa shape index (κ1) is 14.4. The van der Waals surface area contributed by atoms with Crippen LogP contribution in [-0.4, -0.2) is 55.8 Å². The standard InChI is InChI=1S/C15H18ClN3O2/c1-18-6-8-19(9-7-18)15(20)14-10-13(17-21-14)11-2-4-12(16)5-3-11/h2-5,14H,6-10H2,1H3/p+1/t14-/m0/s1. The van der Waals surface area contributed by atoms with E-state index in [0.717, 1.165) is 37.5 Å². The number of carbonyl (C=O) groups is 1. The molecule has 1 aromatic carbocycles. The molecule has 1 aromatic rings. The molecule has 1 saturated heterocycles. The highest BCUT2D eigenvalue weighted by molar-refractivity contribution is 6.30. The van der Waals surface area contributed by atoms with Crippen molar-refractivity contribution in [1.82, 2.24) is 4.90 Å². The SMILES string of the molecule is C[NH+]1CCN(C(=O)[C@@H]2CC(c3ccc(Cl)cc3)=NO2)CC1. The fraction of sp³-hybridized carbons (Fsp3) is 0.467. The zero-order valence-electron chi connectivity index (χ0n) is 12.0. The average molecular weight is 309 g/mol. The van der Waals surface area contributed by atoms with Crippen LogP contribution in [-0.2, 0) is 9.63 Å². The number of amides is 1. The minimum absolute atomic E-state index is 0.0511. The van der Waals surface area contributed by atoms with Gasteiger partial charge < -0.3 is 14.6 Å². The lowest BCUT2D eigenvalue weighted by Crippen LogP contribution is -3.12. The van der Waals surface area contributed by atoms with E-state index in [9.17, 15) is 4.79 Å². The maximum absolute atomic E-state index is 12.4. The van der Waals surface area contributed by atoms with Crippen LogP contribution in [0.5, 0.6) is 0 Å². The zero-order chi connectivity index (χ0) is 14.8. The van der Waals surface area contributed by atoms with Crippen molar-refractivity contribution in [1.29, 1.82) is 0 Å². The second-order valence-electron chi connectivity index (χ2n) is 5.63. The Morgan fingerprint density at radius 1 is 1.33 bits per heavy atom. The predicted octanol–water partition coefficient (Wildman–Crippen LogP) is 0.190. The van der Waals surface area contributed by atoms with Crippen molar-refractivity contribution in [3.05, 3.63) is 34.9 Å². The van der Waals surface area contributed by atoms with Crippen LogP contribution in [0.15, 0.2) is 29.4 Å². The number of carbonyl (C=O) groups excluding carboxylic acids is 1. The molecule has 112 valence electrons. The Balaban J connectivity index is 1.60. The number of benzene rings is 1. The maximum atomic E-state index is 12.4. The molecule has 2 heterocycles. The molecule has 3 rings (SSSR count). The van der Waals surface area contributed by atoms with E-state index >= 15 is 0 Å². The second kappa shape index (κ2) is 6.03. The van der Waals surface area contributed by atoms with Crippen LogP contribution in [0.25, 0.3) is 0 Å². The fourth-order valence-electron chi connectivity index (χ4n) is 2.64. The third-order valence-corrected chi connectivity index (χ3v) is 4.30. The van der Waals surface area contributed by atoms with Gasteiger partial charge in [-0.05, 0) is 17.7 Å². The summed E-state index contributed by atoms with van der Waals surface area (Å²) < 4.78 is 0. The van der Waals surface area contributed by atoms with E-state index in [2.05, 4.69) is 12.2 Å². The lowest BCUT2D eigenvalue weighted by atomic mass is 10.0. The van der Waals surface area contributed by atoms with E-state index in [0.29, 0.717) is 11.4 Å². The normalized spacial score (nSPS) is 22.9. The second-order valence-corrected chi connectivity index (χ2v) is 6.06. The number of quaternary nitrogens is 1. The first-order chi connectivity index (χ1) is 10.1. The van der Waals surface area contributed by atoms with Crippen LogP contribution in [0.3, 0.4) is 0 Å². The number of piperazine rings is 1. The summed E-state index contributed by atoms with van der Waals surface area (Å²) >= 11 is 5.88. The minimum atomic E-state index is -0.478. The molecule has 0 aromatic heterocycles. The summed E-state index contributed by atoms with van der Waals surface area (Å²) in [6.45, 7) is 3.56. The largest absolute Gasteiger partial charge is 0.382 e. The Hall–Kier alpha value is -1.59. The number of nitrogens with zero attached hydrogens (tertiary/aromatic N) is 2. The molecule has 0 radical (unpaired) electrons. The summed E-state index contributed by atoms with van der Waals surface area (Å²) in [6.07, 6.45) is 0.0497. The van der Waals surface area contributed by atoms with Gasteiger partial charge in [0.1, 0.15) is 0 Å². The fourth-order valence-corrected chi connectivity index (χ4v) is 2.76. The molecule has 1 atom stereocenters. The van der Waals surface area contributed by atoms with Gasteiger partial charge in [-0.1, -0.05) is 28.9 Å². The molecular formula is C15H19ClN3O2+. The van der Waals surface area contributed by atoms with Gasteiger partial charge in [0, 0.05) is 11.4 Å². The topological polar surface area (TPSA) is 46.3 Å². The molecule has 0 bridgehead atoms. The first-order valence-electron chi connectivity index (χ1n) is 7.22. The van der Waals surface area contributed by atoms with Gasteiger partial charge in [-0.15, -0.1) is 0 Å². The number of rotatable bonds is 2. The molecule has 0 unspecified atom stereocenters. The lowest BCUT2D eigenvalue weighted by molar-refractivity contribution is -0.883. The van der Waals surface area contributed by atoms with Crippen LogP contribution >= 0.6 is 11.6 Å². The van der Waals surface area contributed by atoms with Crippen molar-refractivity contribution < 1.29 is 14.5 Å². The number of hydrogen-bond donors (Lipinski definition) is 1. The average Bonchev–Trinajstić information content (AvgIpc) is 2.98. The Labute approximate surface area is 129 Å². The molecule has 1 fully saturated rings. The minimum Gasteiger partial charge on any atom is -0.382 e. The van der Waals surface area contributed by atoms with Crippen LogP contribution in [0.2, 0.25) is 5.02 Å². The molecular weight excluding hydrogens is 290 g/mol. The van der Waals surface area contributed by atoms with Crippen molar-refractivity contribution in [2.24, 2.45) is 5.16 Å². The highest BCUT2D eigenvalue weighted by atomic mass is 35.5. The summed E-state index contributed by atoms with van der Waals surface area (Å²) in [4.78, 5) is 21.1. The lowest BCUT2D eigenvalue weighted by Gasteiger charge is -2.31. The van der Waals surface area contributed by atoms with Crippen molar-refractivity contribution in [3.63, 3.8) is 0 Å². The van der Waals surface area contributed by atoms with Gasteiger partial charge in [-0.3, -0.25) is 4.79 Å². The summed E-state index contributed by atoms with van der Waals surface area (Å²) in [5.74, 6) is 0.0511. The molecule has 1 N–H and O–H groups in total. The first-order valence-corrected chi connectivity index (χ1v) is 7.60. The Bertz CT molecular complexity index is 551. The van der Waals surface area contributed by atoms with Gasteiger partial charge in [-0.25, -0.2) is 0 Å². The van der Waals surface area contributed by atoms with Gasteiger partial charge in [0.05, 0.1) is 38.9 Å². The van der Waals surface area contributed by atoms with Crippen LogP contribution in [0.4, 0.5) is 0 Å². The van der Waals surface area contributed by atoms with E-state index < -0.39 is 6.10 Å². The number of nitrogens with one attached hydrogen (secondary N) is 1. The van der Waals surface area contributed by atoms with E-state index in [4.69, 9.17) is 16.4 Å². The van der Waals surface area contributed by atoms with Crippen LogP contribution in [0.1, 0.15) is 12.0 Å². The number of hydrogen-bond acceptors (Lipinski definition) is 3. The van der Waals surface area contributed by atoms with Crippen molar-refractivity contribution in [3.8, 4) is 0 Å². The molecule has 0 saturated carbocycles. The molecule has 0 aliphatic carbocycles. The highest BCUT2D eigenvalue weighted by Gasteiger charge is 2.34. The van der Waals surface area contributed by atoms with Crippen molar-refractivity contribution >= 4 is 23.2 Å². The van der Waals surface area contributed by atoms with E-state index in [-0.39, 0.29) is 5.91 Å². The molecule has 21 heavy (non-hydrogen) atoms. The van der Waals surface area contributed by atoms with E-state index in [1.165, 1.54) is 4.90 Å². The van der Waals surface area contributed by atoms with Crippen LogP contribution < -0.4 is 4.90 Å². The predicted molar refractivity (Wildman–Crippen MR) is 80.7 cm³/mol. The third-order valence-electron chi connectivity index (χ3n) is 4.05. The molecule has 0 spiro atoms. The number of oxime groups is 1. The van der Waals surface area contributed by atoms with Crippen molar-refractivity contribution in [2.75, 3.05) is 33.2 Å². The van der Waals surface area contributed by atoms with Crippen molar-refractivity contribution in [2.45, 2.75) is 12.5 Å². The van der Waals surface area contributed by atoms with E-state index in [1.807, 2.05) is 29.2 Å². The van der Waals surface area contributed by atoms with Crippen LogP contribution in [0, 0.1) is 0 Å². The summed E-state index contributed by atoms with van der Waals surface area (Å²) in [6, 6.07) is 7.43. The molecule has 2 aliphatic heterocycles. The smallest absolute Gasteiger partial charge is 0.267 e. The van der Waals surface area contributed by atoms with Gasteiger partial charge in [0.2, 0.25) is 6.10 Å². The zero-order valence-corrected chi connectivity index (χ0v) is 12.8. The highest BCUT2D eigenvalue weighted by Crippen LogP contribution is 2.20.